The molecule has 1 aromatic carbocycles. The van der Waals surface area contributed by atoms with E-state index in [0.717, 1.165) is 44.5 Å². The minimum atomic E-state index is -0.0965. The first-order chi connectivity index (χ1) is 13.1. The Hall–Kier alpha value is -2.08. The Bertz CT molecular complexity index is 563. The molecule has 1 aliphatic heterocycles. The summed E-state index contributed by atoms with van der Waals surface area (Å²) >= 11 is 0. The van der Waals surface area contributed by atoms with Crippen LogP contribution in [0.2, 0.25) is 0 Å². The molecule has 1 aliphatic rings. The topological polar surface area (TPSA) is 55.9 Å². The fraction of sp³-hybridized carbons (Fsp3) is 0.619. The van der Waals surface area contributed by atoms with Gasteiger partial charge in [0, 0.05) is 31.9 Å². The van der Waals surface area contributed by atoms with Crippen molar-refractivity contribution in [1.29, 1.82) is 0 Å². The number of hydrogen-bond acceptors (Lipinski definition) is 3. The molecule has 0 radical (unpaired) electrons. The standard InChI is InChI=1S/C21H34N4O2/c1-3-5-12-23(13-6-4-2)18-20(26)24-14-16-25(17-15-24)21(27)22-19-10-8-7-9-11-19/h7-11H,3-6,12-18H2,1-2H3,(H,22,27). The monoisotopic (exact) mass is 374 g/mol. The van der Waals surface area contributed by atoms with Gasteiger partial charge < -0.3 is 15.1 Å². The van der Waals surface area contributed by atoms with Gasteiger partial charge in [-0.25, -0.2) is 4.79 Å². The summed E-state index contributed by atoms with van der Waals surface area (Å²) in [5.74, 6) is 0.185. The fourth-order valence-corrected chi connectivity index (χ4v) is 3.21. The average molecular weight is 375 g/mol. The first kappa shape index (κ1) is 21.2. The van der Waals surface area contributed by atoms with Crippen LogP contribution >= 0.6 is 0 Å². The van der Waals surface area contributed by atoms with Gasteiger partial charge in [0.05, 0.1) is 6.54 Å². The van der Waals surface area contributed by atoms with Crippen molar-refractivity contribution in [3.63, 3.8) is 0 Å². The molecule has 0 unspecified atom stereocenters. The molecular formula is C21H34N4O2. The zero-order valence-electron chi connectivity index (χ0n) is 16.8. The molecule has 0 spiro atoms. The lowest BCUT2D eigenvalue weighted by Gasteiger charge is -2.35. The maximum absolute atomic E-state index is 12.7. The van der Waals surface area contributed by atoms with Crippen LogP contribution in [0.3, 0.4) is 0 Å². The van der Waals surface area contributed by atoms with Crippen LogP contribution in [0.25, 0.3) is 0 Å². The smallest absolute Gasteiger partial charge is 0.321 e. The number of carbonyl (C=O) groups excluding carboxylic acids is 2. The lowest BCUT2D eigenvalue weighted by Crippen LogP contribution is -2.53. The van der Waals surface area contributed by atoms with Gasteiger partial charge in [-0.15, -0.1) is 0 Å². The normalized spacial score (nSPS) is 14.5. The number of piperazine rings is 1. The third-order valence-corrected chi connectivity index (χ3v) is 4.96. The van der Waals surface area contributed by atoms with E-state index >= 15 is 0 Å². The van der Waals surface area contributed by atoms with Crippen molar-refractivity contribution in [3.05, 3.63) is 30.3 Å². The van der Waals surface area contributed by atoms with Crippen molar-refractivity contribution >= 4 is 17.6 Å². The van der Waals surface area contributed by atoms with E-state index in [9.17, 15) is 9.59 Å². The summed E-state index contributed by atoms with van der Waals surface area (Å²) in [6, 6.07) is 9.37. The Kier molecular flexibility index (Phi) is 9.11. The largest absolute Gasteiger partial charge is 0.338 e. The molecule has 0 aromatic heterocycles. The summed E-state index contributed by atoms with van der Waals surface area (Å²) in [6.45, 7) is 9.20. The highest BCUT2D eigenvalue weighted by Gasteiger charge is 2.25. The number of nitrogens with one attached hydrogen (secondary N) is 1. The number of rotatable bonds is 9. The van der Waals surface area contributed by atoms with Crippen LogP contribution < -0.4 is 5.32 Å². The third-order valence-electron chi connectivity index (χ3n) is 4.96. The van der Waals surface area contributed by atoms with Gasteiger partial charge in [-0.1, -0.05) is 44.9 Å². The molecule has 6 heteroatoms. The van der Waals surface area contributed by atoms with E-state index in [1.807, 2.05) is 35.2 Å². The molecule has 1 fully saturated rings. The van der Waals surface area contributed by atoms with Gasteiger partial charge in [-0.3, -0.25) is 9.69 Å². The minimum Gasteiger partial charge on any atom is -0.338 e. The number of carbonyl (C=O) groups is 2. The molecule has 0 saturated carbocycles. The van der Waals surface area contributed by atoms with Crippen LogP contribution in [0, 0.1) is 0 Å². The first-order valence-electron chi connectivity index (χ1n) is 10.2. The van der Waals surface area contributed by atoms with Crippen LogP contribution in [-0.4, -0.2) is 72.5 Å². The number of para-hydroxylation sites is 1. The van der Waals surface area contributed by atoms with Crippen LogP contribution in [0.15, 0.2) is 30.3 Å². The Morgan fingerprint density at radius 3 is 2.04 bits per heavy atom. The van der Waals surface area contributed by atoms with Gasteiger partial charge in [-0.2, -0.15) is 0 Å². The molecule has 3 amide bonds. The molecule has 1 heterocycles. The van der Waals surface area contributed by atoms with Crippen molar-refractivity contribution in [1.82, 2.24) is 14.7 Å². The van der Waals surface area contributed by atoms with Crippen molar-refractivity contribution in [2.75, 3.05) is 51.1 Å². The zero-order valence-corrected chi connectivity index (χ0v) is 16.8. The quantitative estimate of drug-likeness (QED) is 0.722. The van der Waals surface area contributed by atoms with Crippen molar-refractivity contribution in [2.24, 2.45) is 0 Å². The Morgan fingerprint density at radius 2 is 1.48 bits per heavy atom. The maximum Gasteiger partial charge on any atom is 0.321 e. The zero-order chi connectivity index (χ0) is 19.5. The molecule has 0 aliphatic carbocycles. The highest BCUT2D eigenvalue weighted by Crippen LogP contribution is 2.10. The maximum atomic E-state index is 12.7. The number of hydrogen-bond donors (Lipinski definition) is 1. The summed E-state index contributed by atoms with van der Waals surface area (Å²) in [5.41, 5.74) is 0.795. The first-order valence-corrected chi connectivity index (χ1v) is 10.2. The van der Waals surface area contributed by atoms with Gasteiger partial charge in [0.25, 0.3) is 0 Å². The Labute approximate surface area is 163 Å². The second kappa shape index (κ2) is 11.6. The molecule has 6 nitrogen and oxygen atoms in total. The van der Waals surface area contributed by atoms with E-state index in [4.69, 9.17) is 0 Å². The number of amides is 3. The van der Waals surface area contributed by atoms with Crippen molar-refractivity contribution in [3.8, 4) is 0 Å². The number of nitrogens with zero attached hydrogens (tertiary/aromatic N) is 3. The van der Waals surface area contributed by atoms with Gasteiger partial charge in [-0.05, 0) is 38.1 Å². The average Bonchev–Trinajstić information content (AvgIpc) is 2.70. The molecular weight excluding hydrogens is 340 g/mol. The molecule has 1 aromatic rings. The van der Waals surface area contributed by atoms with E-state index in [1.165, 1.54) is 0 Å². The van der Waals surface area contributed by atoms with E-state index < -0.39 is 0 Å². The summed E-state index contributed by atoms with van der Waals surface area (Å²) in [7, 11) is 0. The van der Waals surface area contributed by atoms with E-state index in [2.05, 4.69) is 24.1 Å². The van der Waals surface area contributed by atoms with Gasteiger partial charge >= 0.3 is 6.03 Å². The predicted molar refractivity (Wildman–Crippen MR) is 110 cm³/mol. The molecule has 0 bridgehead atoms. The summed E-state index contributed by atoms with van der Waals surface area (Å²) < 4.78 is 0. The molecule has 0 atom stereocenters. The Morgan fingerprint density at radius 1 is 0.926 bits per heavy atom. The van der Waals surface area contributed by atoms with E-state index in [-0.39, 0.29) is 11.9 Å². The van der Waals surface area contributed by atoms with Crippen LogP contribution in [0.1, 0.15) is 39.5 Å². The second-order valence-electron chi connectivity index (χ2n) is 7.15. The lowest BCUT2D eigenvalue weighted by atomic mass is 10.2. The summed E-state index contributed by atoms with van der Waals surface area (Å²) in [5, 5.41) is 2.91. The number of urea groups is 1. The third kappa shape index (κ3) is 7.21. The minimum absolute atomic E-state index is 0.0965. The number of unbranched alkanes of at least 4 members (excludes halogenated alkanes) is 2. The van der Waals surface area contributed by atoms with Crippen LogP contribution in [-0.2, 0) is 4.79 Å². The van der Waals surface area contributed by atoms with Crippen molar-refractivity contribution < 1.29 is 9.59 Å². The molecule has 1 saturated heterocycles. The summed E-state index contributed by atoms with van der Waals surface area (Å²) in [4.78, 5) is 31.0. The van der Waals surface area contributed by atoms with Crippen LogP contribution in [0.5, 0.6) is 0 Å². The van der Waals surface area contributed by atoms with E-state index in [1.54, 1.807) is 4.90 Å². The number of anilines is 1. The molecule has 2 rings (SSSR count). The molecule has 150 valence electrons. The fourth-order valence-electron chi connectivity index (χ4n) is 3.21. The molecule has 1 N–H and O–H groups in total. The summed E-state index contributed by atoms with van der Waals surface area (Å²) in [6.07, 6.45) is 4.55. The van der Waals surface area contributed by atoms with E-state index in [0.29, 0.717) is 32.7 Å². The van der Waals surface area contributed by atoms with Gasteiger partial charge in [0.2, 0.25) is 5.91 Å². The lowest BCUT2D eigenvalue weighted by molar-refractivity contribution is -0.133. The second-order valence-corrected chi connectivity index (χ2v) is 7.15. The number of benzene rings is 1. The predicted octanol–water partition coefficient (Wildman–Crippen LogP) is 3.26. The van der Waals surface area contributed by atoms with Gasteiger partial charge in [0.15, 0.2) is 0 Å². The van der Waals surface area contributed by atoms with Gasteiger partial charge in [0.1, 0.15) is 0 Å². The molecule has 27 heavy (non-hydrogen) atoms. The highest BCUT2D eigenvalue weighted by molar-refractivity contribution is 5.89. The van der Waals surface area contributed by atoms with Crippen molar-refractivity contribution in [2.45, 2.75) is 39.5 Å². The Balaban J connectivity index is 1.77. The van der Waals surface area contributed by atoms with Crippen LogP contribution in [0.4, 0.5) is 10.5 Å². The highest BCUT2D eigenvalue weighted by atomic mass is 16.2. The SMILES string of the molecule is CCCCN(CCCC)CC(=O)N1CCN(C(=O)Nc2ccccc2)CC1.